The van der Waals surface area contributed by atoms with Gasteiger partial charge in [-0.3, -0.25) is 9.89 Å². The molecule has 0 spiro atoms. The average Bonchev–Trinajstić information content (AvgIpc) is 3.29. The van der Waals surface area contributed by atoms with Crippen LogP contribution in [0, 0.1) is 0 Å². The van der Waals surface area contributed by atoms with Crippen molar-refractivity contribution >= 4 is 5.91 Å². The first-order valence-electron chi connectivity index (χ1n) is 8.98. The van der Waals surface area contributed by atoms with E-state index in [0.29, 0.717) is 17.1 Å². The number of alkyl halides is 3. The Kier molecular flexibility index (Phi) is 4.45. The number of likely N-dealkylation sites (tertiary alicyclic amines) is 1. The summed E-state index contributed by atoms with van der Waals surface area (Å²) in [5.41, 5.74) is 1.34. The van der Waals surface area contributed by atoms with Crippen molar-refractivity contribution in [1.29, 1.82) is 0 Å². The minimum Gasteiger partial charge on any atom is -0.330 e. The number of fused-ring (bicyclic) bond motifs is 1. The largest absolute Gasteiger partial charge is 0.449 e. The van der Waals surface area contributed by atoms with Crippen molar-refractivity contribution in [3.63, 3.8) is 0 Å². The second kappa shape index (κ2) is 6.66. The van der Waals surface area contributed by atoms with Gasteiger partial charge in [-0.15, -0.1) is 0 Å². The van der Waals surface area contributed by atoms with Gasteiger partial charge in [-0.2, -0.15) is 18.3 Å². The molecular formula is C17H21F3N6O. The molecule has 1 N–H and O–H groups in total. The molecule has 1 amide bonds. The minimum absolute atomic E-state index is 0.0132. The van der Waals surface area contributed by atoms with Gasteiger partial charge in [0.1, 0.15) is 5.69 Å². The molecule has 0 atom stereocenters. The predicted molar refractivity (Wildman–Crippen MR) is 90.0 cm³/mol. The monoisotopic (exact) mass is 382 g/mol. The number of hydrogen-bond acceptors (Lipinski definition) is 4. The molecule has 0 radical (unpaired) electrons. The highest BCUT2D eigenvalue weighted by Crippen LogP contribution is 2.37. The van der Waals surface area contributed by atoms with Gasteiger partial charge in [-0.25, -0.2) is 4.98 Å². The molecule has 4 heterocycles. The standard InChI is InChI=1S/C17H21F3N6O/c1-24-6-3-11(4-7-24)14-13-10-25(15(27)12-2-5-21-23-12)8-9-26(13)16(22-14)17(18,19)20/h2,5,11H,3-4,6-10H2,1H3,(H,21,23). The lowest BCUT2D eigenvalue weighted by atomic mass is 9.92. The third kappa shape index (κ3) is 3.33. The van der Waals surface area contributed by atoms with Crippen molar-refractivity contribution in [3.05, 3.63) is 35.2 Å². The molecule has 7 nitrogen and oxygen atoms in total. The average molecular weight is 382 g/mol. The maximum Gasteiger partial charge on any atom is 0.449 e. The van der Waals surface area contributed by atoms with Crippen LogP contribution in [-0.2, 0) is 19.3 Å². The quantitative estimate of drug-likeness (QED) is 0.864. The molecule has 4 rings (SSSR count). The van der Waals surface area contributed by atoms with Crippen LogP contribution in [0.5, 0.6) is 0 Å². The number of imidazole rings is 1. The van der Waals surface area contributed by atoms with Gasteiger partial charge in [0.2, 0.25) is 5.82 Å². The molecule has 0 aromatic carbocycles. The molecule has 1 saturated heterocycles. The molecule has 27 heavy (non-hydrogen) atoms. The van der Waals surface area contributed by atoms with E-state index in [1.807, 2.05) is 7.05 Å². The maximum absolute atomic E-state index is 13.5. The van der Waals surface area contributed by atoms with Gasteiger partial charge in [0, 0.05) is 25.2 Å². The van der Waals surface area contributed by atoms with Gasteiger partial charge >= 0.3 is 6.18 Å². The number of nitrogens with one attached hydrogen (secondary N) is 1. The van der Waals surface area contributed by atoms with Gasteiger partial charge < -0.3 is 14.4 Å². The molecule has 0 saturated carbocycles. The summed E-state index contributed by atoms with van der Waals surface area (Å²) in [5.74, 6) is -1.12. The van der Waals surface area contributed by atoms with Gasteiger partial charge in [0.15, 0.2) is 0 Å². The number of hydrogen-bond donors (Lipinski definition) is 1. The van der Waals surface area contributed by atoms with E-state index in [9.17, 15) is 18.0 Å². The minimum atomic E-state index is -4.51. The Morgan fingerprint density at radius 3 is 2.59 bits per heavy atom. The van der Waals surface area contributed by atoms with Crippen LogP contribution in [0.4, 0.5) is 13.2 Å². The van der Waals surface area contributed by atoms with E-state index < -0.39 is 12.0 Å². The third-order valence-electron chi connectivity index (χ3n) is 5.41. The first kappa shape index (κ1) is 18.0. The highest BCUT2D eigenvalue weighted by molar-refractivity contribution is 5.92. The van der Waals surface area contributed by atoms with Crippen LogP contribution in [0.1, 0.15) is 46.5 Å². The first-order chi connectivity index (χ1) is 12.8. The number of aromatic nitrogens is 4. The van der Waals surface area contributed by atoms with Crippen LogP contribution < -0.4 is 0 Å². The lowest BCUT2D eigenvalue weighted by Gasteiger charge is -2.32. The van der Waals surface area contributed by atoms with Crippen molar-refractivity contribution in [2.75, 3.05) is 26.7 Å². The zero-order chi connectivity index (χ0) is 19.2. The molecule has 0 bridgehead atoms. The number of rotatable bonds is 2. The van der Waals surface area contributed by atoms with Crippen molar-refractivity contribution in [3.8, 4) is 0 Å². The summed E-state index contributed by atoms with van der Waals surface area (Å²) in [6, 6.07) is 1.56. The number of carbonyl (C=O) groups is 1. The molecule has 2 aromatic heterocycles. The van der Waals surface area contributed by atoms with Crippen LogP contribution in [-0.4, -0.2) is 62.1 Å². The lowest BCUT2D eigenvalue weighted by molar-refractivity contribution is -0.147. The maximum atomic E-state index is 13.5. The summed E-state index contributed by atoms with van der Waals surface area (Å²) in [7, 11) is 2.00. The van der Waals surface area contributed by atoms with Crippen molar-refractivity contribution in [2.24, 2.45) is 0 Å². The second-order valence-corrected chi connectivity index (χ2v) is 7.19. The number of aromatic amines is 1. The smallest absolute Gasteiger partial charge is 0.330 e. The van der Waals surface area contributed by atoms with E-state index in [4.69, 9.17) is 0 Å². The molecule has 10 heteroatoms. The van der Waals surface area contributed by atoms with E-state index in [2.05, 4.69) is 20.1 Å². The number of nitrogens with zero attached hydrogens (tertiary/aromatic N) is 5. The summed E-state index contributed by atoms with van der Waals surface area (Å²) >= 11 is 0. The molecule has 1 fully saturated rings. The Labute approximate surface area is 154 Å². The molecule has 0 unspecified atom stereocenters. The topological polar surface area (TPSA) is 70.1 Å². The molecule has 2 aromatic rings. The normalized spacial score (nSPS) is 19.3. The van der Waals surface area contributed by atoms with Gasteiger partial charge in [-0.05, 0) is 39.0 Å². The number of carbonyl (C=O) groups excluding carboxylic acids is 1. The zero-order valence-corrected chi connectivity index (χ0v) is 15.0. The Hall–Kier alpha value is -2.36. The fourth-order valence-electron chi connectivity index (χ4n) is 3.94. The number of piperidine rings is 1. The van der Waals surface area contributed by atoms with Crippen molar-refractivity contribution in [2.45, 2.75) is 38.0 Å². The third-order valence-corrected chi connectivity index (χ3v) is 5.41. The summed E-state index contributed by atoms with van der Waals surface area (Å²) in [6.45, 7) is 2.08. The molecule has 2 aliphatic heterocycles. The lowest BCUT2D eigenvalue weighted by Crippen LogP contribution is -2.40. The summed E-state index contributed by atoms with van der Waals surface area (Å²) in [6.07, 6.45) is -1.49. The Bertz CT molecular complexity index is 821. The summed E-state index contributed by atoms with van der Waals surface area (Å²) in [5, 5.41) is 6.39. The summed E-state index contributed by atoms with van der Waals surface area (Å²) in [4.78, 5) is 20.4. The molecule has 2 aliphatic rings. The van der Waals surface area contributed by atoms with Gasteiger partial charge in [-0.1, -0.05) is 0 Å². The van der Waals surface area contributed by atoms with Gasteiger partial charge in [0.25, 0.3) is 5.91 Å². The molecular weight excluding hydrogens is 361 g/mol. The van der Waals surface area contributed by atoms with E-state index in [1.165, 1.54) is 10.8 Å². The fraction of sp³-hybridized carbons (Fsp3) is 0.588. The van der Waals surface area contributed by atoms with Crippen LogP contribution in [0.25, 0.3) is 0 Å². The first-order valence-corrected chi connectivity index (χ1v) is 8.98. The highest BCUT2D eigenvalue weighted by atomic mass is 19.4. The van der Waals surface area contributed by atoms with E-state index in [1.54, 1.807) is 11.0 Å². The Morgan fingerprint density at radius 2 is 1.96 bits per heavy atom. The predicted octanol–water partition coefficient (Wildman–Crippen LogP) is 2.09. The SMILES string of the molecule is CN1CCC(c2nc(C(F)(F)F)n3c2CN(C(=O)c2ccn[nH]2)CC3)CC1. The van der Waals surface area contributed by atoms with Crippen molar-refractivity contribution in [1.82, 2.24) is 29.5 Å². The second-order valence-electron chi connectivity index (χ2n) is 7.19. The van der Waals surface area contributed by atoms with Crippen LogP contribution in [0.2, 0.25) is 0 Å². The van der Waals surface area contributed by atoms with E-state index in [-0.39, 0.29) is 31.5 Å². The van der Waals surface area contributed by atoms with E-state index >= 15 is 0 Å². The highest BCUT2D eigenvalue weighted by Gasteiger charge is 2.42. The van der Waals surface area contributed by atoms with E-state index in [0.717, 1.165) is 25.9 Å². The van der Waals surface area contributed by atoms with Crippen LogP contribution in [0.3, 0.4) is 0 Å². The molecule has 146 valence electrons. The zero-order valence-electron chi connectivity index (χ0n) is 15.0. The van der Waals surface area contributed by atoms with Crippen LogP contribution >= 0.6 is 0 Å². The Morgan fingerprint density at radius 1 is 1.22 bits per heavy atom. The summed E-state index contributed by atoms with van der Waals surface area (Å²) < 4.78 is 41.8. The number of H-pyrrole nitrogens is 1. The van der Waals surface area contributed by atoms with Crippen molar-refractivity contribution < 1.29 is 18.0 Å². The van der Waals surface area contributed by atoms with Crippen LogP contribution in [0.15, 0.2) is 12.3 Å². The van der Waals surface area contributed by atoms with Gasteiger partial charge in [0.05, 0.1) is 17.9 Å². The molecule has 0 aliphatic carbocycles. The Balaban J connectivity index is 1.67. The fourth-order valence-corrected chi connectivity index (χ4v) is 3.94. The number of amides is 1. The number of halogens is 3.